The first-order chi connectivity index (χ1) is 18.2. The molecule has 0 fully saturated rings. The van der Waals surface area contributed by atoms with Crippen LogP contribution < -0.4 is 15.5 Å². The third-order valence-corrected chi connectivity index (χ3v) is 5.82. The summed E-state index contributed by atoms with van der Waals surface area (Å²) in [4.78, 5) is 40.2. The Balaban J connectivity index is 0.00000107. The molecule has 3 N–H and O–H groups in total. The molecule has 0 saturated carbocycles. The average molecular weight is 546 g/mol. The van der Waals surface area contributed by atoms with Crippen molar-refractivity contribution >= 4 is 58.9 Å². The van der Waals surface area contributed by atoms with E-state index in [0.717, 1.165) is 23.6 Å². The Hall–Kier alpha value is -4.52. The molecule has 2 aromatic heterocycles. The quantitative estimate of drug-likeness (QED) is 0.413. The predicted molar refractivity (Wildman–Crippen MR) is 136 cm³/mol. The number of hydrogen-bond acceptors (Lipinski definition) is 8. The molecular formula is C24H19ClF3N7O3. The van der Waals surface area contributed by atoms with Crippen LogP contribution in [0.15, 0.2) is 47.7 Å². The third-order valence-electron chi connectivity index (χ3n) is 5.49. The minimum Gasteiger partial charge on any atom is -0.483 e. The number of anilines is 3. The summed E-state index contributed by atoms with van der Waals surface area (Å²) in [5, 5.41) is 12.8. The molecule has 2 aliphatic heterocycles. The summed E-state index contributed by atoms with van der Waals surface area (Å²) >= 11 is 6.51. The molecule has 1 amide bonds. The van der Waals surface area contributed by atoms with Crippen molar-refractivity contribution in [2.24, 2.45) is 4.99 Å². The van der Waals surface area contributed by atoms with Crippen LogP contribution in [0.3, 0.4) is 0 Å². The van der Waals surface area contributed by atoms with Crippen LogP contribution in [-0.2, 0) is 11.0 Å². The molecule has 14 heteroatoms. The fraction of sp³-hybridized carbons (Fsp3) is 0.167. The summed E-state index contributed by atoms with van der Waals surface area (Å²) in [5.41, 5.74) is 1.12. The Labute approximate surface area is 218 Å². The van der Waals surface area contributed by atoms with Crippen LogP contribution >= 0.6 is 11.6 Å². The van der Waals surface area contributed by atoms with Crippen molar-refractivity contribution in [3.63, 3.8) is 0 Å². The number of nitrogens with one attached hydrogen (secondary N) is 2. The van der Waals surface area contributed by atoms with Crippen molar-refractivity contribution < 1.29 is 27.9 Å². The van der Waals surface area contributed by atoms with E-state index in [9.17, 15) is 18.0 Å². The molecule has 4 heterocycles. The molecule has 0 aliphatic carbocycles. The zero-order chi connectivity index (χ0) is 27.4. The molecule has 0 bridgehead atoms. The highest BCUT2D eigenvalue weighted by Gasteiger charge is 2.32. The maximum absolute atomic E-state index is 13.0. The van der Waals surface area contributed by atoms with E-state index >= 15 is 0 Å². The van der Waals surface area contributed by atoms with Gasteiger partial charge < -0.3 is 20.6 Å². The lowest BCUT2D eigenvalue weighted by molar-refractivity contribution is -0.137. The van der Waals surface area contributed by atoms with Gasteiger partial charge in [-0.1, -0.05) is 11.6 Å². The first-order valence-corrected chi connectivity index (χ1v) is 11.3. The molecule has 3 aromatic rings. The number of nitrogens with zero attached hydrogens (tertiary/aromatic N) is 5. The number of amidine groups is 1. The minimum absolute atomic E-state index is 0.250. The van der Waals surface area contributed by atoms with Gasteiger partial charge in [0.2, 0.25) is 5.95 Å². The third kappa shape index (κ3) is 5.42. The fourth-order valence-corrected chi connectivity index (χ4v) is 4.08. The number of halogens is 4. The number of aliphatic imine (C=N–C) groups is 1. The van der Waals surface area contributed by atoms with Crippen LogP contribution in [0.1, 0.15) is 27.2 Å². The van der Waals surface area contributed by atoms with Crippen LogP contribution in [-0.4, -0.2) is 58.4 Å². The van der Waals surface area contributed by atoms with Gasteiger partial charge in [0, 0.05) is 53.4 Å². The van der Waals surface area contributed by atoms with Gasteiger partial charge in [-0.25, -0.2) is 4.98 Å². The topological polar surface area (TPSA) is 133 Å². The van der Waals surface area contributed by atoms with Gasteiger partial charge in [0.1, 0.15) is 17.3 Å². The van der Waals surface area contributed by atoms with E-state index < -0.39 is 17.6 Å². The fourth-order valence-electron chi connectivity index (χ4n) is 3.86. The van der Waals surface area contributed by atoms with Gasteiger partial charge in [-0.15, -0.1) is 0 Å². The monoisotopic (exact) mass is 545 g/mol. The number of amides is 1. The van der Waals surface area contributed by atoms with E-state index in [1.54, 1.807) is 31.4 Å². The number of hydrogen-bond donors (Lipinski definition) is 3. The van der Waals surface area contributed by atoms with Gasteiger partial charge in [0.05, 0.1) is 12.1 Å². The SMILES string of the molecule is CNc1ncc2c(n1)N1CCN=C1C(c1cc(NC(=O)c3cc(C(F)(F)F)ccn3)ccc1Cl)=C2.O=CO. The van der Waals surface area contributed by atoms with Gasteiger partial charge in [-0.05, 0) is 36.4 Å². The number of carbonyl (C=O) groups is 2. The summed E-state index contributed by atoms with van der Waals surface area (Å²) in [6, 6.07) is 6.32. The zero-order valence-electron chi connectivity index (χ0n) is 19.6. The van der Waals surface area contributed by atoms with Gasteiger partial charge in [0.25, 0.3) is 12.4 Å². The number of carbonyl (C=O) groups excluding carboxylic acids is 1. The predicted octanol–water partition coefficient (Wildman–Crippen LogP) is 4.31. The molecule has 0 atom stereocenters. The molecule has 196 valence electrons. The number of aromatic nitrogens is 3. The number of pyridine rings is 1. The molecule has 10 nitrogen and oxygen atoms in total. The van der Waals surface area contributed by atoms with Crippen LogP contribution in [0.5, 0.6) is 0 Å². The normalized spacial score (nSPS) is 13.8. The van der Waals surface area contributed by atoms with Crippen molar-refractivity contribution in [2.75, 3.05) is 35.7 Å². The molecule has 0 radical (unpaired) electrons. The summed E-state index contributed by atoms with van der Waals surface area (Å²) < 4.78 is 39.0. The van der Waals surface area contributed by atoms with Crippen LogP contribution in [0, 0.1) is 0 Å². The molecular weight excluding hydrogens is 527 g/mol. The van der Waals surface area contributed by atoms with Crippen molar-refractivity contribution in [1.29, 1.82) is 0 Å². The Morgan fingerprint density at radius 2 is 1.97 bits per heavy atom. The Morgan fingerprint density at radius 1 is 1.21 bits per heavy atom. The minimum atomic E-state index is -4.58. The van der Waals surface area contributed by atoms with Crippen LogP contribution in [0.2, 0.25) is 5.02 Å². The molecule has 0 spiro atoms. The van der Waals surface area contributed by atoms with Gasteiger partial charge >= 0.3 is 6.18 Å². The lowest BCUT2D eigenvalue weighted by Gasteiger charge is -2.28. The maximum Gasteiger partial charge on any atom is 0.416 e. The van der Waals surface area contributed by atoms with Crippen LogP contribution in [0.25, 0.3) is 11.6 Å². The summed E-state index contributed by atoms with van der Waals surface area (Å²) in [5.74, 6) is 1.11. The number of rotatable bonds is 4. The highest BCUT2D eigenvalue weighted by Crippen LogP contribution is 2.38. The summed E-state index contributed by atoms with van der Waals surface area (Å²) in [7, 11) is 1.74. The van der Waals surface area contributed by atoms with E-state index in [1.165, 1.54) is 0 Å². The molecule has 1 aromatic carbocycles. The van der Waals surface area contributed by atoms with E-state index in [2.05, 4.69) is 30.6 Å². The first-order valence-electron chi connectivity index (χ1n) is 11.0. The Bertz CT molecular complexity index is 1460. The average Bonchev–Trinajstić information content (AvgIpc) is 3.40. The Kier molecular flexibility index (Phi) is 7.57. The van der Waals surface area contributed by atoms with Crippen molar-refractivity contribution in [3.8, 4) is 0 Å². The largest absolute Gasteiger partial charge is 0.483 e. The Morgan fingerprint density at radius 3 is 2.68 bits per heavy atom. The number of alkyl halides is 3. The molecule has 2 aliphatic rings. The van der Waals surface area contributed by atoms with Gasteiger partial charge in [-0.3, -0.25) is 19.6 Å². The highest BCUT2D eigenvalue weighted by atomic mass is 35.5. The molecule has 0 unspecified atom stereocenters. The second-order valence-electron chi connectivity index (χ2n) is 7.82. The van der Waals surface area contributed by atoms with Crippen molar-refractivity contribution in [2.45, 2.75) is 6.18 Å². The van der Waals surface area contributed by atoms with E-state index in [0.29, 0.717) is 52.8 Å². The van der Waals surface area contributed by atoms with E-state index in [1.807, 2.05) is 11.0 Å². The van der Waals surface area contributed by atoms with Gasteiger partial charge in [-0.2, -0.15) is 18.2 Å². The lowest BCUT2D eigenvalue weighted by atomic mass is 9.98. The van der Waals surface area contributed by atoms with Crippen molar-refractivity contribution in [3.05, 3.63) is 70.1 Å². The number of benzene rings is 1. The first kappa shape index (κ1) is 26.5. The molecule has 0 saturated heterocycles. The maximum atomic E-state index is 13.0. The van der Waals surface area contributed by atoms with Crippen LogP contribution in [0.4, 0.5) is 30.6 Å². The number of fused-ring (bicyclic) bond motifs is 3. The second-order valence-corrected chi connectivity index (χ2v) is 8.23. The summed E-state index contributed by atoms with van der Waals surface area (Å²) in [6.45, 7) is 0.954. The number of carboxylic acid groups (broad SMARTS) is 1. The molecule has 38 heavy (non-hydrogen) atoms. The smallest absolute Gasteiger partial charge is 0.416 e. The molecule has 5 rings (SSSR count). The van der Waals surface area contributed by atoms with E-state index in [4.69, 9.17) is 21.5 Å². The van der Waals surface area contributed by atoms with Gasteiger partial charge in [0.15, 0.2) is 0 Å². The van der Waals surface area contributed by atoms with Crippen molar-refractivity contribution in [1.82, 2.24) is 15.0 Å². The van der Waals surface area contributed by atoms with E-state index in [-0.39, 0.29) is 12.2 Å². The zero-order valence-corrected chi connectivity index (χ0v) is 20.4. The summed E-state index contributed by atoms with van der Waals surface area (Å²) in [6.07, 6.45) is -0.0664. The second kappa shape index (κ2) is 10.8. The highest BCUT2D eigenvalue weighted by molar-refractivity contribution is 6.40. The standard InChI is InChI=1S/C23H17ClF3N7O.CH2O2/c1-28-22-31-11-12-8-16(20-30-6-7-34(20)19(12)33-22)15-10-14(2-3-17(15)24)32-21(35)18-9-13(4-5-29-18)23(25,26)27;2-1-3/h2-5,8-11H,6-7H2,1H3,(H,32,35)(H,28,31,33);1H,(H,2,3). The lowest BCUT2D eigenvalue weighted by Crippen LogP contribution is -2.32.